The van der Waals surface area contributed by atoms with Gasteiger partial charge in [-0.15, -0.1) is 11.8 Å². The van der Waals surface area contributed by atoms with Crippen molar-refractivity contribution in [2.75, 3.05) is 6.54 Å². The number of thioether (sulfide) groups is 1. The molecule has 2 heteroatoms. The zero-order chi connectivity index (χ0) is 12.7. The summed E-state index contributed by atoms with van der Waals surface area (Å²) >= 11 is 1.92. The number of hydrogen-bond donors (Lipinski definition) is 1. The minimum Gasteiger partial charge on any atom is -0.310 e. The lowest BCUT2D eigenvalue weighted by Crippen LogP contribution is -2.21. The van der Waals surface area contributed by atoms with Gasteiger partial charge in [0.15, 0.2) is 0 Å². The molecule has 1 aromatic rings. The largest absolute Gasteiger partial charge is 0.310 e. The van der Waals surface area contributed by atoms with E-state index in [-0.39, 0.29) is 0 Å². The first-order valence-corrected chi connectivity index (χ1v) is 7.55. The fraction of sp³-hybridized carbons (Fsp3) is 0.600. The first kappa shape index (κ1) is 14.6. The lowest BCUT2D eigenvalue weighted by molar-refractivity contribution is 0.518. The molecule has 1 rings (SSSR count). The van der Waals surface area contributed by atoms with Crippen LogP contribution >= 0.6 is 11.8 Å². The molecular formula is C15H25NS. The van der Waals surface area contributed by atoms with Crippen molar-refractivity contribution in [3.63, 3.8) is 0 Å². The molecule has 0 saturated carbocycles. The first-order chi connectivity index (χ1) is 8.17. The molecule has 96 valence electrons. The molecule has 1 unspecified atom stereocenters. The van der Waals surface area contributed by atoms with Gasteiger partial charge in [0.25, 0.3) is 0 Å². The van der Waals surface area contributed by atoms with Crippen LogP contribution in [0.15, 0.2) is 29.2 Å². The maximum atomic E-state index is 3.59. The molecule has 0 aliphatic heterocycles. The van der Waals surface area contributed by atoms with Gasteiger partial charge in [-0.05, 0) is 37.1 Å². The van der Waals surface area contributed by atoms with Crippen molar-refractivity contribution in [2.45, 2.75) is 56.7 Å². The Bertz CT molecular complexity index is 305. The first-order valence-electron chi connectivity index (χ1n) is 6.67. The van der Waals surface area contributed by atoms with Crippen LogP contribution in [0.25, 0.3) is 0 Å². The highest BCUT2D eigenvalue weighted by atomic mass is 32.2. The summed E-state index contributed by atoms with van der Waals surface area (Å²) in [6.45, 7) is 10.0. The maximum Gasteiger partial charge on any atom is 0.0317 e. The van der Waals surface area contributed by atoms with Crippen LogP contribution in [0.2, 0.25) is 0 Å². The average Bonchev–Trinajstić information content (AvgIpc) is 2.31. The molecule has 0 bridgehead atoms. The SMILES string of the molecule is CCCNC(CC)c1ccc(SC(C)C)cc1. The molecule has 1 aromatic carbocycles. The van der Waals surface area contributed by atoms with Crippen LogP contribution in [-0.2, 0) is 0 Å². The van der Waals surface area contributed by atoms with E-state index in [2.05, 4.69) is 57.3 Å². The minimum atomic E-state index is 0.507. The summed E-state index contributed by atoms with van der Waals surface area (Å²) in [6.07, 6.45) is 2.34. The molecule has 0 aromatic heterocycles. The summed E-state index contributed by atoms with van der Waals surface area (Å²) in [5.41, 5.74) is 1.41. The number of benzene rings is 1. The minimum absolute atomic E-state index is 0.507. The fourth-order valence-electron chi connectivity index (χ4n) is 1.87. The zero-order valence-corrected chi connectivity index (χ0v) is 12.3. The fourth-order valence-corrected chi connectivity index (χ4v) is 2.70. The van der Waals surface area contributed by atoms with Gasteiger partial charge < -0.3 is 5.32 Å². The third-order valence-electron chi connectivity index (χ3n) is 2.70. The van der Waals surface area contributed by atoms with Crippen LogP contribution in [0.1, 0.15) is 52.1 Å². The third kappa shape index (κ3) is 5.13. The van der Waals surface area contributed by atoms with E-state index in [1.54, 1.807) is 0 Å². The molecule has 0 aliphatic carbocycles. The molecular weight excluding hydrogens is 226 g/mol. The summed E-state index contributed by atoms with van der Waals surface area (Å²) in [4.78, 5) is 1.37. The maximum absolute atomic E-state index is 3.59. The highest BCUT2D eigenvalue weighted by Crippen LogP contribution is 2.25. The van der Waals surface area contributed by atoms with Crippen LogP contribution in [0.3, 0.4) is 0 Å². The van der Waals surface area contributed by atoms with Gasteiger partial charge in [-0.25, -0.2) is 0 Å². The second-order valence-electron chi connectivity index (χ2n) is 4.65. The van der Waals surface area contributed by atoms with Crippen LogP contribution in [0, 0.1) is 0 Å². The van der Waals surface area contributed by atoms with Crippen molar-refractivity contribution in [2.24, 2.45) is 0 Å². The smallest absolute Gasteiger partial charge is 0.0317 e. The second-order valence-corrected chi connectivity index (χ2v) is 6.30. The van der Waals surface area contributed by atoms with E-state index in [9.17, 15) is 0 Å². The van der Waals surface area contributed by atoms with E-state index in [1.165, 1.54) is 16.9 Å². The summed E-state index contributed by atoms with van der Waals surface area (Å²) in [5, 5.41) is 4.24. The Morgan fingerprint density at radius 2 is 1.76 bits per heavy atom. The lowest BCUT2D eigenvalue weighted by atomic mass is 10.0. The molecule has 0 fully saturated rings. The molecule has 1 nitrogen and oxygen atoms in total. The predicted molar refractivity (Wildman–Crippen MR) is 78.8 cm³/mol. The van der Waals surface area contributed by atoms with Crippen LogP contribution in [-0.4, -0.2) is 11.8 Å². The summed E-state index contributed by atoms with van der Waals surface area (Å²) in [5.74, 6) is 0. The molecule has 0 saturated heterocycles. The van der Waals surface area contributed by atoms with E-state index in [0.29, 0.717) is 11.3 Å². The van der Waals surface area contributed by atoms with Gasteiger partial charge in [-0.3, -0.25) is 0 Å². The van der Waals surface area contributed by atoms with Crippen molar-refractivity contribution in [1.82, 2.24) is 5.32 Å². The van der Waals surface area contributed by atoms with Gasteiger partial charge in [-0.1, -0.05) is 39.8 Å². The van der Waals surface area contributed by atoms with Crippen molar-refractivity contribution in [1.29, 1.82) is 0 Å². The second kappa shape index (κ2) is 7.78. The lowest BCUT2D eigenvalue weighted by Gasteiger charge is -2.17. The molecule has 0 amide bonds. The van der Waals surface area contributed by atoms with E-state index in [1.807, 2.05) is 11.8 Å². The predicted octanol–water partition coefficient (Wildman–Crippen LogP) is 4.64. The van der Waals surface area contributed by atoms with Gasteiger partial charge in [0.2, 0.25) is 0 Å². The molecule has 0 spiro atoms. The van der Waals surface area contributed by atoms with Crippen LogP contribution < -0.4 is 5.32 Å². The van der Waals surface area contributed by atoms with Crippen molar-refractivity contribution >= 4 is 11.8 Å². The Morgan fingerprint density at radius 3 is 2.24 bits per heavy atom. The Hall–Kier alpha value is -0.470. The van der Waals surface area contributed by atoms with E-state index >= 15 is 0 Å². The monoisotopic (exact) mass is 251 g/mol. The summed E-state index contributed by atoms with van der Waals surface area (Å²) in [6, 6.07) is 9.53. The summed E-state index contributed by atoms with van der Waals surface area (Å²) < 4.78 is 0. The molecule has 1 N–H and O–H groups in total. The van der Waals surface area contributed by atoms with Gasteiger partial charge in [0.1, 0.15) is 0 Å². The van der Waals surface area contributed by atoms with E-state index < -0.39 is 0 Å². The molecule has 0 heterocycles. The third-order valence-corrected chi connectivity index (χ3v) is 3.72. The van der Waals surface area contributed by atoms with Gasteiger partial charge in [0, 0.05) is 16.2 Å². The quantitative estimate of drug-likeness (QED) is 0.709. The van der Waals surface area contributed by atoms with Crippen molar-refractivity contribution < 1.29 is 0 Å². The van der Waals surface area contributed by atoms with Gasteiger partial charge in [0.05, 0.1) is 0 Å². The summed E-state index contributed by atoms with van der Waals surface area (Å²) in [7, 11) is 0. The number of nitrogens with one attached hydrogen (secondary N) is 1. The Balaban J connectivity index is 2.64. The van der Waals surface area contributed by atoms with Gasteiger partial charge >= 0.3 is 0 Å². The number of hydrogen-bond acceptors (Lipinski definition) is 2. The van der Waals surface area contributed by atoms with Gasteiger partial charge in [-0.2, -0.15) is 0 Å². The number of rotatable bonds is 7. The molecule has 0 radical (unpaired) electrons. The van der Waals surface area contributed by atoms with Crippen LogP contribution in [0.5, 0.6) is 0 Å². The Morgan fingerprint density at radius 1 is 1.12 bits per heavy atom. The molecule has 0 aliphatic rings. The molecule has 17 heavy (non-hydrogen) atoms. The van der Waals surface area contributed by atoms with E-state index in [4.69, 9.17) is 0 Å². The van der Waals surface area contributed by atoms with E-state index in [0.717, 1.165) is 13.0 Å². The van der Waals surface area contributed by atoms with Crippen molar-refractivity contribution in [3.8, 4) is 0 Å². The zero-order valence-electron chi connectivity index (χ0n) is 11.5. The Kier molecular flexibility index (Phi) is 6.68. The highest BCUT2D eigenvalue weighted by molar-refractivity contribution is 7.99. The average molecular weight is 251 g/mol. The normalized spacial score (nSPS) is 13.0. The molecule has 1 atom stereocenters. The highest BCUT2D eigenvalue weighted by Gasteiger charge is 2.07. The topological polar surface area (TPSA) is 12.0 Å². The standard InChI is InChI=1S/C15H25NS/c1-5-11-16-15(6-2)13-7-9-14(10-8-13)17-12(3)4/h7-10,12,15-16H,5-6,11H2,1-4H3. The Labute approximate surface area is 110 Å². The van der Waals surface area contributed by atoms with Crippen molar-refractivity contribution in [3.05, 3.63) is 29.8 Å². The van der Waals surface area contributed by atoms with Crippen LogP contribution in [0.4, 0.5) is 0 Å².